The van der Waals surface area contributed by atoms with Gasteiger partial charge in [0.05, 0.1) is 16.3 Å². The Hall–Kier alpha value is -0.790. The van der Waals surface area contributed by atoms with Gasteiger partial charge in [-0.05, 0) is 39.7 Å². The van der Waals surface area contributed by atoms with Crippen LogP contribution in [-0.4, -0.2) is 5.11 Å². The topological polar surface area (TPSA) is 33.4 Å². The average Bonchev–Trinajstić information content (AvgIpc) is 2.73. The first-order valence-corrected chi connectivity index (χ1v) is 6.67. The SMILES string of the molecule is OC(c1ccc(Br)c(C(F)(F)F)c1)c1occc1Br. The predicted octanol–water partition coefficient (Wildman–Crippen LogP) is 4.91. The van der Waals surface area contributed by atoms with Gasteiger partial charge in [0.1, 0.15) is 6.10 Å². The largest absolute Gasteiger partial charge is 0.465 e. The molecule has 1 aromatic heterocycles. The standard InChI is InChI=1S/C12H7Br2F3O2/c13-8-2-1-6(5-7(8)12(15,16)17)10(18)11-9(14)3-4-19-11/h1-5,10,18H. The molecular formula is C12H7Br2F3O2. The summed E-state index contributed by atoms with van der Waals surface area (Å²) in [6.07, 6.45) is -4.42. The molecule has 7 heteroatoms. The summed E-state index contributed by atoms with van der Waals surface area (Å²) in [5.74, 6) is 0.162. The summed E-state index contributed by atoms with van der Waals surface area (Å²) in [6.45, 7) is 0. The van der Waals surface area contributed by atoms with Crippen LogP contribution in [0.3, 0.4) is 0 Å². The highest BCUT2D eigenvalue weighted by atomic mass is 79.9. The maximum absolute atomic E-state index is 12.8. The lowest BCUT2D eigenvalue weighted by atomic mass is 10.0. The number of furan rings is 1. The molecule has 19 heavy (non-hydrogen) atoms. The molecule has 2 nitrogen and oxygen atoms in total. The summed E-state index contributed by atoms with van der Waals surface area (Å²) >= 11 is 6.00. The van der Waals surface area contributed by atoms with E-state index in [2.05, 4.69) is 31.9 Å². The first-order valence-electron chi connectivity index (χ1n) is 5.08. The number of hydrogen-bond acceptors (Lipinski definition) is 2. The maximum Gasteiger partial charge on any atom is 0.417 e. The summed E-state index contributed by atoms with van der Waals surface area (Å²) in [5, 5.41) is 10.0. The highest BCUT2D eigenvalue weighted by Gasteiger charge is 2.34. The number of benzene rings is 1. The molecule has 0 radical (unpaired) electrons. The van der Waals surface area contributed by atoms with Crippen molar-refractivity contribution in [3.8, 4) is 0 Å². The van der Waals surface area contributed by atoms with Gasteiger partial charge in [0.15, 0.2) is 5.76 Å². The van der Waals surface area contributed by atoms with E-state index in [4.69, 9.17) is 4.42 Å². The molecule has 1 unspecified atom stereocenters. The van der Waals surface area contributed by atoms with Gasteiger partial charge in [-0.25, -0.2) is 0 Å². The molecule has 0 saturated carbocycles. The Bertz CT molecular complexity index is 593. The van der Waals surface area contributed by atoms with Gasteiger partial charge in [-0.1, -0.05) is 22.0 Å². The molecule has 0 aliphatic heterocycles. The number of halogens is 5. The lowest BCUT2D eigenvalue weighted by Crippen LogP contribution is -2.08. The highest BCUT2D eigenvalue weighted by Crippen LogP contribution is 2.38. The molecule has 2 rings (SSSR count). The van der Waals surface area contributed by atoms with Crippen LogP contribution in [-0.2, 0) is 6.18 Å². The highest BCUT2D eigenvalue weighted by molar-refractivity contribution is 9.10. The number of aliphatic hydroxyl groups is 1. The molecule has 102 valence electrons. The van der Waals surface area contributed by atoms with E-state index in [0.717, 1.165) is 6.07 Å². The summed E-state index contributed by atoms with van der Waals surface area (Å²) in [5.41, 5.74) is -0.738. The second-order valence-electron chi connectivity index (χ2n) is 3.77. The smallest absolute Gasteiger partial charge is 0.417 e. The van der Waals surface area contributed by atoms with Crippen LogP contribution in [0.5, 0.6) is 0 Å². The van der Waals surface area contributed by atoms with Gasteiger partial charge in [0, 0.05) is 4.47 Å². The van der Waals surface area contributed by atoms with Gasteiger partial charge < -0.3 is 9.52 Å². The third kappa shape index (κ3) is 3.04. The molecule has 1 heterocycles. The number of hydrogen-bond donors (Lipinski definition) is 1. The minimum atomic E-state index is -4.49. The Balaban J connectivity index is 2.44. The summed E-state index contributed by atoms with van der Waals surface area (Å²) in [6, 6.07) is 5.10. The van der Waals surface area contributed by atoms with Crippen LogP contribution in [0.4, 0.5) is 13.2 Å². The molecular weight excluding hydrogens is 393 g/mol. The van der Waals surface area contributed by atoms with E-state index >= 15 is 0 Å². The van der Waals surface area contributed by atoms with Gasteiger partial charge in [-0.3, -0.25) is 0 Å². The van der Waals surface area contributed by atoms with Crippen LogP contribution < -0.4 is 0 Å². The molecule has 1 atom stereocenters. The molecule has 0 spiro atoms. The van der Waals surface area contributed by atoms with E-state index < -0.39 is 17.8 Å². The van der Waals surface area contributed by atoms with Crippen molar-refractivity contribution in [2.75, 3.05) is 0 Å². The third-order valence-corrected chi connectivity index (χ3v) is 3.85. The Morgan fingerprint density at radius 2 is 1.79 bits per heavy atom. The van der Waals surface area contributed by atoms with E-state index in [0.29, 0.717) is 4.47 Å². The van der Waals surface area contributed by atoms with Crippen LogP contribution in [0.1, 0.15) is 23.0 Å². The first kappa shape index (κ1) is 14.6. The molecule has 0 saturated heterocycles. The van der Waals surface area contributed by atoms with Crippen molar-refractivity contribution in [2.24, 2.45) is 0 Å². The van der Waals surface area contributed by atoms with E-state index in [1.807, 2.05) is 0 Å². The van der Waals surface area contributed by atoms with Crippen LogP contribution in [0.15, 0.2) is 43.9 Å². The Labute approximate surface area is 123 Å². The Morgan fingerprint density at radius 3 is 2.32 bits per heavy atom. The summed E-state index contributed by atoms with van der Waals surface area (Å²) < 4.78 is 43.8. The van der Waals surface area contributed by atoms with Crippen molar-refractivity contribution >= 4 is 31.9 Å². The van der Waals surface area contributed by atoms with E-state index in [-0.39, 0.29) is 15.8 Å². The predicted molar refractivity (Wildman–Crippen MR) is 69.6 cm³/mol. The fourth-order valence-electron chi connectivity index (χ4n) is 1.58. The van der Waals surface area contributed by atoms with Gasteiger partial charge in [-0.2, -0.15) is 13.2 Å². The minimum Gasteiger partial charge on any atom is -0.465 e. The number of aliphatic hydroxyl groups excluding tert-OH is 1. The van der Waals surface area contributed by atoms with E-state index in [1.54, 1.807) is 6.07 Å². The minimum absolute atomic E-state index is 0.0746. The fraction of sp³-hybridized carbons (Fsp3) is 0.167. The van der Waals surface area contributed by atoms with E-state index in [9.17, 15) is 18.3 Å². The second kappa shape index (κ2) is 5.30. The first-order chi connectivity index (χ1) is 8.80. The average molecular weight is 400 g/mol. The maximum atomic E-state index is 12.8. The second-order valence-corrected chi connectivity index (χ2v) is 5.48. The van der Waals surface area contributed by atoms with Crippen molar-refractivity contribution in [3.63, 3.8) is 0 Å². The Morgan fingerprint density at radius 1 is 1.11 bits per heavy atom. The monoisotopic (exact) mass is 398 g/mol. The quantitative estimate of drug-likeness (QED) is 0.778. The third-order valence-electron chi connectivity index (χ3n) is 2.50. The van der Waals surface area contributed by atoms with Crippen molar-refractivity contribution in [1.82, 2.24) is 0 Å². The molecule has 0 bridgehead atoms. The number of rotatable bonds is 2. The Kier molecular flexibility index (Phi) is 4.08. The fourth-order valence-corrected chi connectivity index (χ4v) is 2.47. The normalized spacial score (nSPS) is 13.6. The zero-order valence-electron chi connectivity index (χ0n) is 9.21. The number of alkyl halides is 3. The van der Waals surface area contributed by atoms with Crippen molar-refractivity contribution in [3.05, 3.63) is 56.4 Å². The van der Waals surface area contributed by atoms with E-state index in [1.165, 1.54) is 18.4 Å². The zero-order chi connectivity index (χ0) is 14.2. The molecule has 1 N–H and O–H groups in total. The molecule has 0 fully saturated rings. The van der Waals surface area contributed by atoms with Crippen LogP contribution in [0.2, 0.25) is 0 Å². The summed E-state index contributed by atoms with van der Waals surface area (Å²) in [7, 11) is 0. The molecule has 0 amide bonds. The van der Waals surface area contributed by atoms with Crippen molar-refractivity contribution in [2.45, 2.75) is 12.3 Å². The molecule has 0 aliphatic rings. The van der Waals surface area contributed by atoms with Crippen LogP contribution in [0.25, 0.3) is 0 Å². The van der Waals surface area contributed by atoms with Gasteiger partial charge >= 0.3 is 6.18 Å². The van der Waals surface area contributed by atoms with Crippen LogP contribution in [0, 0.1) is 0 Å². The lowest BCUT2D eigenvalue weighted by molar-refractivity contribution is -0.138. The van der Waals surface area contributed by atoms with Crippen LogP contribution >= 0.6 is 31.9 Å². The van der Waals surface area contributed by atoms with Gasteiger partial charge in [0.2, 0.25) is 0 Å². The van der Waals surface area contributed by atoms with Crippen molar-refractivity contribution < 1.29 is 22.7 Å². The van der Waals surface area contributed by atoms with Crippen molar-refractivity contribution in [1.29, 1.82) is 0 Å². The molecule has 2 aromatic rings. The van der Waals surface area contributed by atoms with Gasteiger partial charge in [-0.15, -0.1) is 0 Å². The van der Waals surface area contributed by atoms with Gasteiger partial charge in [0.25, 0.3) is 0 Å². The zero-order valence-corrected chi connectivity index (χ0v) is 12.4. The molecule has 0 aliphatic carbocycles. The summed E-state index contributed by atoms with van der Waals surface area (Å²) in [4.78, 5) is 0. The molecule has 1 aromatic carbocycles. The lowest BCUT2D eigenvalue weighted by Gasteiger charge is -2.14.